The fourth-order valence-electron chi connectivity index (χ4n) is 2.92. The molecule has 158 valence electrons. The van der Waals surface area contributed by atoms with Gasteiger partial charge in [0.2, 0.25) is 0 Å². The van der Waals surface area contributed by atoms with Gasteiger partial charge in [0.05, 0.1) is 18.0 Å². The molecule has 2 aromatic carbocycles. The molecule has 0 saturated heterocycles. The Morgan fingerprint density at radius 1 is 0.933 bits per heavy atom. The Morgan fingerprint density at radius 3 is 2.13 bits per heavy atom. The Kier molecular flexibility index (Phi) is 7.06. The molecule has 0 saturated carbocycles. The molecule has 7 nitrogen and oxygen atoms in total. The maximum Gasteiger partial charge on any atom is 0.359 e. The van der Waals surface area contributed by atoms with Gasteiger partial charge in [0, 0.05) is 5.39 Å². The molecule has 30 heavy (non-hydrogen) atoms. The van der Waals surface area contributed by atoms with E-state index in [4.69, 9.17) is 14.2 Å². The third kappa shape index (κ3) is 4.97. The molecule has 0 unspecified atom stereocenters. The predicted octanol–water partition coefficient (Wildman–Crippen LogP) is 4.00. The van der Waals surface area contributed by atoms with Gasteiger partial charge in [-0.1, -0.05) is 25.1 Å². The van der Waals surface area contributed by atoms with Crippen LogP contribution < -0.4 is 15.0 Å². The Morgan fingerprint density at radius 2 is 1.53 bits per heavy atom. The lowest BCUT2D eigenvalue weighted by Crippen LogP contribution is -2.28. The van der Waals surface area contributed by atoms with Crippen LogP contribution in [0.3, 0.4) is 0 Å². The molecule has 0 aliphatic heterocycles. The first kappa shape index (κ1) is 21.4. The van der Waals surface area contributed by atoms with Crippen LogP contribution in [0.2, 0.25) is 0 Å². The summed E-state index contributed by atoms with van der Waals surface area (Å²) in [6.07, 6.45) is 0.947. The molecule has 0 aliphatic carbocycles. The summed E-state index contributed by atoms with van der Waals surface area (Å²) in [5.41, 5.74) is -0.108. The normalized spacial score (nSPS) is 10.9. The van der Waals surface area contributed by atoms with Crippen LogP contribution in [0.5, 0.6) is 11.5 Å². The van der Waals surface area contributed by atoms with Crippen LogP contribution in [-0.2, 0) is 4.74 Å². The number of aromatic nitrogens is 2. The minimum atomic E-state index is -0.590. The van der Waals surface area contributed by atoms with Crippen LogP contribution in [0.25, 0.3) is 10.8 Å². The Balaban J connectivity index is 1.63. The van der Waals surface area contributed by atoms with Crippen molar-refractivity contribution < 1.29 is 19.0 Å². The highest BCUT2D eigenvalue weighted by atomic mass is 16.6. The minimum absolute atomic E-state index is 0.0593. The molecule has 0 atom stereocenters. The summed E-state index contributed by atoms with van der Waals surface area (Å²) in [6, 6.07) is 14.0. The van der Waals surface area contributed by atoms with Gasteiger partial charge in [0.1, 0.15) is 24.7 Å². The Labute approximate surface area is 175 Å². The summed E-state index contributed by atoms with van der Waals surface area (Å²) in [7, 11) is 0. The van der Waals surface area contributed by atoms with Crippen molar-refractivity contribution in [2.75, 3.05) is 19.8 Å². The fourth-order valence-corrected chi connectivity index (χ4v) is 2.92. The number of fused-ring (bicyclic) bond motifs is 1. The molecule has 0 spiro atoms. The van der Waals surface area contributed by atoms with Gasteiger partial charge >= 0.3 is 5.97 Å². The van der Waals surface area contributed by atoms with Gasteiger partial charge in [-0.15, -0.1) is 0 Å². The first-order chi connectivity index (χ1) is 14.5. The minimum Gasteiger partial charge on any atom is -0.494 e. The van der Waals surface area contributed by atoms with Gasteiger partial charge in [0.15, 0.2) is 5.69 Å². The quantitative estimate of drug-likeness (QED) is 0.392. The van der Waals surface area contributed by atoms with E-state index in [9.17, 15) is 9.59 Å². The molecule has 0 amide bonds. The van der Waals surface area contributed by atoms with Crippen molar-refractivity contribution in [2.24, 2.45) is 0 Å². The molecule has 1 aromatic heterocycles. The third-order valence-electron chi connectivity index (χ3n) is 4.39. The topological polar surface area (TPSA) is 79.7 Å². The first-order valence-electron chi connectivity index (χ1n) is 10.1. The lowest BCUT2D eigenvalue weighted by atomic mass is 10.1. The largest absolute Gasteiger partial charge is 0.494 e. The van der Waals surface area contributed by atoms with Crippen molar-refractivity contribution in [3.05, 3.63) is 64.6 Å². The number of rotatable bonds is 9. The maximum atomic E-state index is 12.6. The zero-order chi connectivity index (χ0) is 21.5. The van der Waals surface area contributed by atoms with Crippen LogP contribution >= 0.6 is 0 Å². The number of ether oxygens (including phenoxy) is 3. The van der Waals surface area contributed by atoms with E-state index in [1.165, 1.54) is 4.68 Å². The van der Waals surface area contributed by atoms with E-state index in [2.05, 4.69) is 12.0 Å². The molecule has 0 bridgehead atoms. The third-order valence-corrected chi connectivity index (χ3v) is 4.39. The summed E-state index contributed by atoms with van der Waals surface area (Å²) in [5, 5.41) is 5.17. The van der Waals surface area contributed by atoms with E-state index in [1.807, 2.05) is 26.0 Å². The van der Waals surface area contributed by atoms with Gasteiger partial charge in [-0.05, 0) is 50.6 Å². The van der Waals surface area contributed by atoms with E-state index < -0.39 is 5.97 Å². The van der Waals surface area contributed by atoms with Crippen molar-refractivity contribution in [3.63, 3.8) is 0 Å². The molecule has 3 rings (SSSR count). The van der Waals surface area contributed by atoms with Crippen molar-refractivity contribution in [1.82, 2.24) is 9.78 Å². The summed E-state index contributed by atoms with van der Waals surface area (Å²) in [5.74, 6) is 0.855. The highest BCUT2D eigenvalue weighted by Crippen LogP contribution is 2.18. The maximum absolute atomic E-state index is 12.6. The summed E-state index contributed by atoms with van der Waals surface area (Å²) >= 11 is 0. The fraction of sp³-hybridized carbons (Fsp3) is 0.348. The molecular weight excluding hydrogens is 384 g/mol. The van der Waals surface area contributed by atoms with Crippen LogP contribution in [0.4, 0.5) is 0 Å². The van der Waals surface area contributed by atoms with Crippen molar-refractivity contribution >= 4 is 16.7 Å². The van der Waals surface area contributed by atoms with Crippen LogP contribution in [-0.4, -0.2) is 35.6 Å². The Bertz CT molecular complexity index is 1060. The average molecular weight is 410 g/mol. The smallest absolute Gasteiger partial charge is 0.359 e. The number of carbonyl (C=O) groups excluding carboxylic acids is 1. The number of carbonyl (C=O) groups is 1. The monoisotopic (exact) mass is 410 g/mol. The van der Waals surface area contributed by atoms with Crippen molar-refractivity contribution in [1.29, 1.82) is 0 Å². The molecule has 3 aromatic rings. The molecular formula is C23H26N2O5. The molecule has 0 N–H and O–H groups in total. The van der Waals surface area contributed by atoms with Crippen molar-refractivity contribution in [3.8, 4) is 11.5 Å². The van der Waals surface area contributed by atoms with Gasteiger partial charge < -0.3 is 14.2 Å². The molecule has 7 heteroatoms. The second-order valence-corrected chi connectivity index (χ2v) is 7.04. The van der Waals surface area contributed by atoms with E-state index in [0.29, 0.717) is 23.1 Å². The summed E-state index contributed by atoms with van der Waals surface area (Å²) < 4.78 is 17.8. The molecule has 0 aliphatic rings. The van der Waals surface area contributed by atoms with Crippen LogP contribution in [0, 0.1) is 0 Å². The van der Waals surface area contributed by atoms with Crippen LogP contribution in [0.15, 0.2) is 53.3 Å². The van der Waals surface area contributed by atoms with E-state index in [1.54, 1.807) is 36.4 Å². The zero-order valence-electron chi connectivity index (χ0n) is 17.5. The lowest BCUT2D eigenvalue weighted by molar-refractivity contribution is 0.0443. The van der Waals surface area contributed by atoms with Gasteiger partial charge in [-0.25, -0.2) is 9.48 Å². The standard InChI is InChI=1S/C23H26N2O5/c1-4-13-28-17-9-11-18(12-10-17)29-14-15-30-23(27)21-19-7-5-6-8-20(19)22(26)25(24-21)16(2)3/h5-12,16H,4,13-15H2,1-3H3. The van der Waals surface area contributed by atoms with Gasteiger partial charge in [-0.2, -0.15) is 5.10 Å². The second kappa shape index (κ2) is 9.91. The highest BCUT2D eigenvalue weighted by Gasteiger charge is 2.18. The number of benzene rings is 2. The van der Waals surface area contributed by atoms with Gasteiger partial charge in [-0.3, -0.25) is 4.79 Å². The molecule has 0 fully saturated rings. The molecule has 0 radical (unpaired) electrons. The summed E-state index contributed by atoms with van der Waals surface area (Å²) in [6.45, 7) is 6.65. The Hall–Kier alpha value is -3.35. The van der Waals surface area contributed by atoms with Crippen molar-refractivity contribution in [2.45, 2.75) is 33.2 Å². The van der Waals surface area contributed by atoms with E-state index >= 15 is 0 Å². The number of hydrogen-bond acceptors (Lipinski definition) is 6. The van der Waals surface area contributed by atoms with Gasteiger partial charge in [0.25, 0.3) is 5.56 Å². The average Bonchev–Trinajstić information content (AvgIpc) is 2.76. The highest BCUT2D eigenvalue weighted by molar-refractivity contribution is 6.02. The lowest BCUT2D eigenvalue weighted by Gasteiger charge is -2.13. The number of hydrogen-bond donors (Lipinski definition) is 0. The molecule has 1 heterocycles. The number of esters is 1. The second-order valence-electron chi connectivity index (χ2n) is 7.04. The SMILES string of the molecule is CCCOc1ccc(OCCOC(=O)c2nn(C(C)C)c(=O)c3ccccc23)cc1. The van der Waals surface area contributed by atoms with E-state index in [0.717, 1.165) is 12.2 Å². The van der Waals surface area contributed by atoms with E-state index in [-0.39, 0.29) is 30.5 Å². The van der Waals surface area contributed by atoms with Crippen LogP contribution in [0.1, 0.15) is 43.7 Å². The zero-order valence-corrected chi connectivity index (χ0v) is 17.5. The summed E-state index contributed by atoms with van der Waals surface area (Å²) in [4.78, 5) is 25.2. The first-order valence-corrected chi connectivity index (χ1v) is 10.1. The predicted molar refractivity (Wildman–Crippen MR) is 114 cm³/mol. The number of nitrogens with zero attached hydrogens (tertiary/aromatic N) is 2.